The number of carbonyl (C=O) groups is 1. The summed E-state index contributed by atoms with van der Waals surface area (Å²) in [6, 6.07) is 0. The molecule has 15 heavy (non-hydrogen) atoms. The van der Waals surface area contributed by atoms with Crippen molar-refractivity contribution in [2.24, 2.45) is 11.1 Å². The zero-order valence-electron chi connectivity index (χ0n) is 8.20. The lowest BCUT2D eigenvalue weighted by Gasteiger charge is -2.20. The van der Waals surface area contributed by atoms with E-state index in [4.69, 9.17) is 18.0 Å². The molecule has 0 fully saturated rings. The largest absolute Gasteiger partial charge is 0.392 e. The summed E-state index contributed by atoms with van der Waals surface area (Å²) in [6.45, 7) is 3.35. The summed E-state index contributed by atoms with van der Waals surface area (Å²) in [5.41, 5.74) is 4.61. The number of rotatable bonds is 3. The average molecular weight is 308 g/mol. The highest BCUT2D eigenvalue weighted by molar-refractivity contribution is 9.11. The van der Waals surface area contributed by atoms with Gasteiger partial charge in [-0.2, -0.15) is 0 Å². The lowest BCUT2D eigenvalue weighted by molar-refractivity contribution is -0.121. The summed E-state index contributed by atoms with van der Waals surface area (Å²) >= 11 is 9.41. The van der Waals surface area contributed by atoms with Gasteiger partial charge in [0, 0.05) is 0 Å². The highest BCUT2D eigenvalue weighted by Crippen LogP contribution is 2.25. The van der Waals surface area contributed by atoms with Crippen LogP contribution in [0, 0.1) is 5.41 Å². The van der Waals surface area contributed by atoms with Crippen LogP contribution in [-0.2, 0) is 4.79 Å². The molecule has 0 aliphatic rings. The molecule has 0 unspecified atom stereocenters. The molecule has 1 rings (SSSR count). The third-order valence-electron chi connectivity index (χ3n) is 1.88. The highest BCUT2D eigenvalue weighted by atomic mass is 79.9. The molecule has 0 saturated carbocycles. The molecule has 0 spiro atoms. The molecule has 0 aliphatic carbocycles. The molecule has 4 nitrogen and oxygen atoms in total. The molecular weight excluding hydrogens is 298 g/mol. The number of thiocarbonyl (C=S) groups is 1. The second kappa shape index (κ2) is 4.54. The van der Waals surface area contributed by atoms with Crippen molar-refractivity contribution in [1.29, 1.82) is 0 Å². The lowest BCUT2D eigenvalue weighted by Crippen LogP contribution is -2.41. The molecule has 0 bridgehead atoms. The summed E-state index contributed by atoms with van der Waals surface area (Å²) in [6.07, 6.45) is 1.62. The van der Waals surface area contributed by atoms with Crippen molar-refractivity contribution in [1.82, 2.24) is 4.98 Å². The van der Waals surface area contributed by atoms with Gasteiger partial charge in [-0.3, -0.25) is 4.79 Å². The van der Waals surface area contributed by atoms with Gasteiger partial charge >= 0.3 is 0 Å². The first-order chi connectivity index (χ1) is 6.84. The first-order valence-corrected chi connectivity index (χ1v) is 6.08. The molecule has 0 aromatic carbocycles. The van der Waals surface area contributed by atoms with Gasteiger partial charge in [0.2, 0.25) is 5.91 Å². The van der Waals surface area contributed by atoms with Crippen molar-refractivity contribution in [3.05, 3.63) is 9.98 Å². The third-order valence-corrected chi connectivity index (χ3v) is 3.78. The zero-order chi connectivity index (χ0) is 11.6. The number of thiazole rings is 1. The molecule has 0 aliphatic heterocycles. The minimum atomic E-state index is -0.868. The van der Waals surface area contributed by atoms with Crippen LogP contribution in [0.25, 0.3) is 0 Å². The molecule has 1 aromatic heterocycles. The van der Waals surface area contributed by atoms with Crippen LogP contribution in [0.15, 0.2) is 9.98 Å². The fourth-order valence-corrected chi connectivity index (χ4v) is 1.87. The van der Waals surface area contributed by atoms with Crippen LogP contribution in [-0.4, -0.2) is 15.9 Å². The second-order valence-electron chi connectivity index (χ2n) is 3.41. The monoisotopic (exact) mass is 307 g/mol. The summed E-state index contributed by atoms with van der Waals surface area (Å²) < 4.78 is 0.853. The lowest BCUT2D eigenvalue weighted by atomic mass is 9.92. The maximum atomic E-state index is 11.8. The van der Waals surface area contributed by atoms with Crippen molar-refractivity contribution in [2.45, 2.75) is 13.8 Å². The molecule has 3 N–H and O–H groups in total. The normalized spacial score (nSPS) is 11.1. The Bertz CT molecular complexity index is 402. The Kier molecular flexibility index (Phi) is 3.80. The number of hydrogen-bond acceptors (Lipinski definition) is 4. The van der Waals surface area contributed by atoms with E-state index in [1.807, 2.05) is 0 Å². The third kappa shape index (κ3) is 2.96. The molecule has 1 heterocycles. The quantitative estimate of drug-likeness (QED) is 0.840. The maximum Gasteiger partial charge on any atom is 0.238 e. The number of hydrogen-bond donors (Lipinski definition) is 2. The van der Waals surface area contributed by atoms with Crippen molar-refractivity contribution in [2.75, 3.05) is 5.32 Å². The van der Waals surface area contributed by atoms with Gasteiger partial charge in [0.1, 0.15) is 0 Å². The van der Waals surface area contributed by atoms with E-state index in [1.165, 1.54) is 11.3 Å². The van der Waals surface area contributed by atoms with Gasteiger partial charge in [-0.1, -0.05) is 23.6 Å². The van der Waals surface area contributed by atoms with Gasteiger partial charge in [0.05, 0.1) is 20.4 Å². The Labute approximate surface area is 105 Å². The predicted octanol–water partition coefficient (Wildman–Crippen LogP) is 2.16. The fraction of sp³-hybridized carbons (Fsp3) is 0.375. The molecule has 82 valence electrons. The first-order valence-electron chi connectivity index (χ1n) is 4.06. The molecule has 0 radical (unpaired) electrons. The van der Waals surface area contributed by atoms with Crippen LogP contribution in [0.5, 0.6) is 0 Å². The van der Waals surface area contributed by atoms with E-state index in [-0.39, 0.29) is 10.9 Å². The smallest absolute Gasteiger partial charge is 0.238 e. The second-order valence-corrected chi connectivity index (χ2v) is 6.26. The number of halogens is 1. The zero-order valence-corrected chi connectivity index (χ0v) is 11.4. The Morgan fingerprint density at radius 3 is 2.73 bits per heavy atom. The van der Waals surface area contributed by atoms with Crippen molar-refractivity contribution in [3.63, 3.8) is 0 Å². The van der Waals surface area contributed by atoms with Crippen LogP contribution in [0.2, 0.25) is 0 Å². The van der Waals surface area contributed by atoms with Gasteiger partial charge in [0.25, 0.3) is 0 Å². The van der Waals surface area contributed by atoms with Gasteiger partial charge in [-0.05, 0) is 29.8 Å². The Morgan fingerprint density at radius 2 is 2.33 bits per heavy atom. The van der Waals surface area contributed by atoms with Crippen LogP contribution in [0.1, 0.15) is 13.8 Å². The van der Waals surface area contributed by atoms with E-state index in [2.05, 4.69) is 26.2 Å². The topological polar surface area (TPSA) is 68.0 Å². The van der Waals surface area contributed by atoms with Crippen molar-refractivity contribution >= 4 is 55.5 Å². The Balaban J connectivity index is 2.76. The minimum Gasteiger partial charge on any atom is -0.392 e. The van der Waals surface area contributed by atoms with E-state index in [0.717, 1.165) is 3.79 Å². The van der Waals surface area contributed by atoms with E-state index in [1.54, 1.807) is 20.0 Å². The van der Waals surface area contributed by atoms with Gasteiger partial charge < -0.3 is 11.1 Å². The van der Waals surface area contributed by atoms with Crippen molar-refractivity contribution < 1.29 is 4.79 Å². The number of anilines is 1. The van der Waals surface area contributed by atoms with Gasteiger partial charge in [-0.15, -0.1) is 0 Å². The summed E-state index contributed by atoms with van der Waals surface area (Å²) in [5, 5.41) is 3.18. The van der Waals surface area contributed by atoms with Crippen molar-refractivity contribution in [3.8, 4) is 0 Å². The number of nitrogens with two attached hydrogens (primary N) is 1. The molecular formula is C8H10BrN3OS2. The van der Waals surface area contributed by atoms with Crippen LogP contribution < -0.4 is 11.1 Å². The van der Waals surface area contributed by atoms with Crippen LogP contribution in [0.3, 0.4) is 0 Å². The van der Waals surface area contributed by atoms with Crippen LogP contribution >= 0.6 is 39.5 Å². The van der Waals surface area contributed by atoms with Gasteiger partial charge in [-0.25, -0.2) is 4.98 Å². The summed E-state index contributed by atoms with van der Waals surface area (Å²) in [7, 11) is 0. The van der Waals surface area contributed by atoms with Gasteiger partial charge in [0.15, 0.2) is 5.13 Å². The predicted molar refractivity (Wildman–Crippen MR) is 69.0 cm³/mol. The summed E-state index contributed by atoms with van der Waals surface area (Å²) in [5.74, 6) is -0.253. The van der Waals surface area contributed by atoms with E-state index < -0.39 is 5.41 Å². The molecule has 1 aromatic rings. The summed E-state index contributed by atoms with van der Waals surface area (Å²) in [4.78, 5) is 15.9. The van der Waals surface area contributed by atoms with Crippen LogP contribution in [0.4, 0.5) is 5.13 Å². The average Bonchev–Trinajstić information content (AvgIpc) is 2.50. The fourth-order valence-electron chi connectivity index (χ4n) is 0.677. The number of aromatic nitrogens is 1. The number of carbonyl (C=O) groups excluding carboxylic acids is 1. The molecule has 0 atom stereocenters. The first kappa shape index (κ1) is 12.5. The molecule has 0 saturated heterocycles. The number of nitrogens with one attached hydrogen (secondary N) is 1. The van der Waals surface area contributed by atoms with E-state index in [9.17, 15) is 4.79 Å². The van der Waals surface area contributed by atoms with E-state index >= 15 is 0 Å². The maximum absolute atomic E-state index is 11.8. The number of amides is 1. The molecule has 1 amide bonds. The number of nitrogens with zero attached hydrogens (tertiary/aromatic N) is 1. The highest BCUT2D eigenvalue weighted by Gasteiger charge is 2.31. The van der Waals surface area contributed by atoms with E-state index in [0.29, 0.717) is 5.13 Å². The Morgan fingerprint density at radius 1 is 1.73 bits per heavy atom. The SMILES string of the molecule is CC(C)(C(=O)Nc1ncc(Br)s1)C(N)=S. The Hall–Kier alpha value is -0.530. The molecule has 7 heteroatoms. The minimum absolute atomic E-state index is 0.163. The standard InChI is InChI=1S/C8H10BrN3OS2/c1-8(2,5(10)14)6(13)12-7-11-3-4(9)15-7/h3H,1-2H3,(H2,10,14)(H,11,12,13).